The summed E-state index contributed by atoms with van der Waals surface area (Å²) in [4.78, 5) is 11.5. The molecule has 0 aliphatic heterocycles. The highest BCUT2D eigenvalue weighted by Crippen LogP contribution is 2.29. The molecule has 0 unspecified atom stereocenters. The number of carbonyl (C=O) groups excluding carboxylic acids is 1. The Morgan fingerprint density at radius 1 is 1.00 bits per heavy atom. The normalized spacial score (nSPS) is 11.4. The van der Waals surface area contributed by atoms with Crippen molar-refractivity contribution in [3.05, 3.63) is 83.9 Å². The van der Waals surface area contributed by atoms with Crippen LogP contribution >= 0.6 is 0 Å². The van der Waals surface area contributed by atoms with Gasteiger partial charge in [-0.2, -0.15) is 5.10 Å². The van der Waals surface area contributed by atoms with Crippen LogP contribution in [0.4, 0.5) is 5.69 Å². The van der Waals surface area contributed by atoms with E-state index in [0.717, 1.165) is 10.9 Å². The van der Waals surface area contributed by atoms with Crippen molar-refractivity contribution in [3.63, 3.8) is 0 Å². The molecule has 4 rings (SSSR count). The molecule has 146 valence electrons. The van der Waals surface area contributed by atoms with Crippen molar-refractivity contribution < 1.29 is 13.2 Å². The van der Waals surface area contributed by atoms with Crippen molar-refractivity contribution in [2.75, 3.05) is 4.72 Å². The molecular formula is C21H18N4O3S. The van der Waals surface area contributed by atoms with E-state index in [0.29, 0.717) is 28.1 Å². The first-order chi connectivity index (χ1) is 13.9. The Morgan fingerprint density at radius 2 is 1.79 bits per heavy atom. The number of sulfonamides is 1. The van der Waals surface area contributed by atoms with Crippen LogP contribution in [0.25, 0.3) is 22.2 Å². The zero-order valence-corrected chi connectivity index (χ0v) is 16.1. The molecule has 8 heteroatoms. The van der Waals surface area contributed by atoms with E-state index in [1.54, 1.807) is 60.7 Å². The highest BCUT2D eigenvalue weighted by Gasteiger charge is 2.14. The first-order valence-corrected chi connectivity index (χ1v) is 10.5. The predicted octanol–water partition coefficient (Wildman–Crippen LogP) is 3.27. The minimum absolute atomic E-state index is 0.120. The SMILES string of the molecule is NC(=O)c1ccc2[nH]nc(-c3cccc(NS(=O)(=O)Cc4ccccc4)c3)c2c1. The molecule has 7 nitrogen and oxygen atoms in total. The van der Waals surface area contributed by atoms with Gasteiger partial charge < -0.3 is 5.73 Å². The number of aromatic nitrogens is 2. The number of H-pyrrole nitrogens is 1. The molecule has 1 heterocycles. The van der Waals surface area contributed by atoms with Crippen molar-refractivity contribution in [1.82, 2.24) is 10.2 Å². The summed E-state index contributed by atoms with van der Waals surface area (Å²) in [5, 5.41) is 7.96. The minimum atomic E-state index is -3.57. The van der Waals surface area contributed by atoms with Gasteiger partial charge in [0.15, 0.2) is 0 Å². The average Bonchev–Trinajstić information content (AvgIpc) is 3.11. The third-order valence-electron chi connectivity index (χ3n) is 4.46. The second-order valence-electron chi connectivity index (χ2n) is 6.62. The highest BCUT2D eigenvalue weighted by atomic mass is 32.2. The van der Waals surface area contributed by atoms with Crippen molar-refractivity contribution in [3.8, 4) is 11.3 Å². The van der Waals surface area contributed by atoms with Crippen LogP contribution < -0.4 is 10.5 Å². The third-order valence-corrected chi connectivity index (χ3v) is 5.72. The summed E-state index contributed by atoms with van der Waals surface area (Å²) in [6.07, 6.45) is 0. The number of nitrogens with zero attached hydrogens (tertiary/aromatic N) is 1. The number of benzene rings is 3. The second kappa shape index (κ2) is 7.40. The summed E-state index contributed by atoms with van der Waals surface area (Å²) in [7, 11) is -3.57. The fourth-order valence-corrected chi connectivity index (χ4v) is 4.32. The van der Waals surface area contributed by atoms with Gasteiger partial charge in [0.25, 0.3) is 0 Å². The van der Waals surface area contributed by atoms with Crippen LogP contribution in [0.5, 0.6) is 0 Å². The number of nitrogens with one attached hydrogen (secondary N) is 2. The van der Waals surface area contributed by atoms with Gasteiger partial charge in [-0.05, 0) is 35.9 Å². The Morgan fingerprint density at radius 3 is 2.55 bits per heavy atom. The molecule has 29 heavy (non-hydrogen) atoms. The maximum Gasteiger partial charge on any atom is 0.248 e. The Balaban J connectivity index is 1.65. The van der Waals surface area contributed by atoms with Gasteiger partial charge in [0.05, 0.1) is 17.0 Å². The fourth-order valence-electron chi connectivity index (χ4n) is 3.13. The van der Waals surface area contributed by atoms with Gasteiger partial charge in [-0.1, -0.05) is 42.5 Å². The number of hydrogen-bond acceptors (Lipinski definition) is 4. The Kier molecular flexibility index (Phi) is 4.77. The number of hydrogen-bond donors (Lipinski definition) is 3. The molecule has 0 bridgehead atoms. The minimum Gasteiger partial charge on any atom is -0.366 e. The van der Waals surface area contributed by atoms with Crippen LogP contribution in [0.3, 0.4) is 0 Å². The third kappa shape index (κ3) is 4.12. The molecule has 0 spiro atoms. The predicted molar refractivity (Wildman–Crippen MR) is 113 cm³/mol. The van der Waals surface area contributed by atoms with E-state index in [9.17, 15) is 13.2 Å². The van der Waals surface area contributed by atoms with E-state index in [1.165, 1.54) is 0 Å². The van der Waals surface area contributed by atoms with Gasteiger partial charge in [0, 0.05) is 22.2 Å². The first kappa shape index (κ1) is 18.7. The summed E-state index contributed by atoms with van der Waals surface area (Å²) in [6, 6.07) is 20.9. The number of rotatable bonds is 6. The summed E-state index contributed by atoms with van der Waals surface area (Å²) in [5.74, 6) is -0.646. The van der Waals surface area contributed by atoms with E-state index in [1.807, 2.05) is 12.1 Å². The van der Waals surface area contributed by atoms with Gasteiger partial charge >= 0.3 is 0 Å². The zero-order valence-electron chi connectivity index (χ0n) is 15.3. The lowest BCUT2D eigenvalue weighted by Crippen LogP contribution is -2.15. The number of nitrogens with two attached hydrogens (primary N) is 1. The number of primary amides is 1. The summed E-state index contributed by atoms with van der Waals surface area (Å²) in [6.45, 7) is 0. The summed E-state index contributed by atoms with van der Waals surface area (Å²) >= 11 is 0. The van der Waals surface area contributed by atoms with E-state index in [-0.39, 0.29) is 5.75 Å². The van der Waals surface area contributed by atoms with Gasteiger partial charge in [0.2, 0.25) is 15.9 Å². The quantitative estimate of drug-likeness (QED) is 0.455. The van der Waals surface area contributed by atoms with Gasteiger partial charge in [0.1, 0.15) is 0 Å². The van der Waals surface area contributed by atoms with Crippen LogP contribution in [0.1, 0.15) is 15.9 Å². The van der Waals surface area contributed by atoms with E-state index in [4.69, 9.17) is 5.73 Å². The van der Waals surface area contributed by atoms with E-state index < -0.39 is 15.9 Å². The number of anilines is 1. The van der Waals surface area contributed by atoms with Gasteiger partial charge in [-0.15, -0.1) is 0 Å². The van der Waals surface area contributed by atoms with E-state index >= 15 is 0 Å². The number of amides is 1. The first-order valence-electron chi connectivity index (χ1n) is 8.84. The molecular weight excluding hydrogens is 388 g/mol. The van der Waals surface area contributed by atoms with Crippen molar-refractivity contribution in [1.29, 1.82) is 0 Å². The molecule has 0 saturated heterocycles. The lowest BCUT2D eigenvalue weighted by atomic mass is 10.0. The molecule has 4 N–H and O–H groups in total. The molecule has 0 radical (unpaired) electrons. The Hall–Kier alpha value is -3.65. The lowest BCUT2D eigenvalue weighted by Gasteiger charge is -2.09. The van der Waals surface area contributed by atoms with E-state index in [2.05, 4.69) is 14.9 Å². The standard InChI is InChI=1S/C21H18N4O3S/c22-21(26)16-9-10-19-18(12-16)20(24-23-19)15-7-4-8-17(11-15)25-29(27,28)13-14-5-2-1-3-6-14/h1-12,25H,13H2,(H2,22,26)(H,23,24). The Labute approximate surface area is 167 Å². The lowest BCUT2D eigenvalue weighted by molar-refractivity contribution is 0.100. The van der Waals surface area contributed by atoms with Crippen LogP contribution in [-0.2, 0) is 15.8 Å². The fraction of sp³-hybridized carbons (Fsp3) is 0.0476. The molecule has 4 aromatic rings. The van der Waals surface area contributed by atoms with Crippen LogP contribution in [0.15, 0.2) is 72.8 Å². The smallest absolute Gasteiger partial charge is 0.248 e. The topological polar surface area (TPSA) is 118 Å². The number of aromatic amines is 1. The largest absolute Gasteiger partial charge is 0.366 e. The zero-order chi connectivity index (χ0) is 20.4. The summed E-state index contributed by atoms with van der Waals surface area (Å²) in [5.41, 5.74) is 8.94. The molecule has 0 atom stereocenters. The number of carbonyl (C=O) groups is 1. The molecule has 1 aromatic heterocycles. The van der Waals surface area contributed by atoms with Gasteiger partial charge in [-0.3, -0.25) is 14.6 Å². The van der Waals surface area contributed by atoms with Crippen LogP contribution in [0, 0.1) is 0 Å². The molecule has 3 aromatic carbocycles. The van der Waals surface area contributed by atoms with Crippen LogP contribution in [0.2, 0.25) is 0 Å². The monoisotopic (exact) mass is 406 g/mol. The summed E-state index contributed by atoms with van der Waals surface area (Å²) < 4.78 is 27.6. The van der Waals surface area contributed by atoms with Gasteiger partial charge in [-0.25, -0.2) is 8.42 Å². The van der Waals surface area contributed by atoms with Crippen LogP contribution in [-0.4, -0.2) is 24.5 Å². The molecule has 0 saturated carbocycles. The maximum atomic E-state index is 12.5. The van der Waals surface area contributed by atoms with Crippen molar-refractivity contribution >= 4 is 32.5 Å². The Bertz CT molecular complexity index is 1300. The molecule has 0 fully saturated rings. The molecule has 1 amide bonds. The average molecular weight is 406 g/mol. The number of fused-ring (bicyclic) bond motifs is 1. The molecule has 0 aliphatic rings. The van der Waals surface area contributed by atoms with Crippen molar-refractivity contribution in [2.24, 2.45) is 5.73 Å². The molecule has 0 aliphatic carbocycles. The highest BCUT2D eigenvalue weighted by molar-refractivity contribution is 7.91. The maximum absolute atomic E-state index is 12.5. The van der Waals surface area contributed by atoms with Crippen molar-refractivity contribution in [2.45, 2.75) is 5.75 Å². The second-order valence-corrected chi connectivity index (χ2v) is 8.35.